The third kappa shape index (κ3) is 16.5. The minimum Gasteiger partial charge on any atom is -0.550 e. The van der Waals surface area contributed by atoms with Crippen molar-refractivity contribution in [3.05, 3.63) is 60.8 Å². The van der Waals surface area contributed by atoms with Crippen molar-refractivity contribution in [3.63, 3.8) is 0 Å². The Bertz CT molecular complexity index is 458. The van der Waals surface area contributed by atoms with Crippen LogP contribution in [0.1, 0.15) is 45.4 Å². The predicted octanol–water partition coefficient (Wildman–Crippen LogP) is 2.60. The SMILES string of the molecule is CC/C=C\C/C=C\C[C@@H](O)/C=C/C=C/C=C\[C@@H](O)CCCC(=O)[O-]. The van der Waals surface area contributed by atoms with E-state index in [2.05, 4.69) is 19.1 Å². The summed E-state index contributed by atoms with van der Waals surface area (Å²) in [5.41, 5.74) is 0. The van der Waals surface area contributed by atoms with E-state index in [4.69, 9.17) is 0 Å². The average molecular weight is 333 g/mol. The van der Waals surface area contributed by atoms with E-state index < -0.39 is 18.2 Å². The molecule has 0 radical (unpaired) electrons. The van der Waals surface area contributed by atoms with Crippen molar-refractivity contribution in [2.75, 3.05) is 0 Å². The largest absolute Gasteiger partial charge is 0.550 e. The van der Waals surface area contributed by atoms with Gasteiger partial charge in [0.15, 0.2) is 0 Å². The number of rotatable bonds is 13. The van der Waals surface area contributed by atoms with Crippen molar-refractivity contribution in [1.29, 1.82) is 0 Å². The van der Waals surface area contributed by atoms with Gasteiger partial charge in [0.05, 0.1) is 12.2 Å². The summed E-state index contributed by atoms with van der Waals surface area (Å²) in [6.07, 6.45) is 20.6. The zero-order chi connectivity index (χ0) is 18.0. The summed E-state index contributed by atoms with van der Waals surface area (Å²) in [7, 11) is 0. The van der Waals surface area contributed by atoms with Gasteiger partial charge in [0.1, 0.15) is 0 Å². The third-order valence-corrected chi connectivity index (χ3v) is 3.10. The van der Waals surface area contributed by atoms with Gasteiger partial charge in [-0.05, 0) is 38.5 Å². The molecule has 0 aromatic carbocycles. The highest BCUT2D eigenvalue weighted by molar-refractivity contribution is 5.64. The van der Waals surface area contributed by atoms with E-state index in [9.17, 15) is 20.1 Å². The second-order valence-electron chi connectivity index (χ2n) is 5.38. The van der Waals surface area contributed by atoms with Crippen LogP contribution in [0.2, 0.25) is 0 Å². The monoisotopic (exact) mass is 333 g/mol. The molecule has 0 aliphatic rings. The topological polar surface area (TPSA) is 80.6 Å². The molecule has 4 heteroatoms. The lowest BCUT2D eigenvalue weighted by Gasteiger charge is -2.04. The Morgan fingerprint density at radius 2 is 1.58 bits per heavy atom. The minimum atomic E-state index is -1.10. The van der Waals surface area contributed by atoms with Gasteiger partial charge in [-0.2, -0.15) is 0 Å². The quantitative estimate of drug-likeness (QED) is 0.401. The fourth-order valence-electron chi connectivity index (χ4n) is 1.82. The summed E-state index contributed by atoms with van der Waals surface area (Å²) in [6.45, 7) is 2.09. The molecule has 0 saturated carbocycles. The van der Waals surface area contributed by atoms with Crippen molar-refractivity contribution >= 4 is 5.97 Å². The molecule has 0 unspecified atom stereocenters. The van der Waals surface area contributed by atoms with Crippen LogP contribution in [0.3, 0.4) is 0 Å². The van der Waals surface area contributed by atoms with Gasteiger partial charge in [-0.1, -0.05) is 67.7 Å². The Balaban J connectivity index is 3.87. The Hall–Kier alpha value is -1.91. The number of carbonyl (C=O) groups is 1. The van der Waals surface area contributed by atoms with Crippen LogP contribution in [-0.2, 0) is 4.79 Å². The molecule has 0 aromatic rings. The maximum atomic E-state index is 10.2. The molecular formula is C20H29O4-. The molecule has 0 spiro atoms. The van der Waals surface area contributed by atoms with Crippen LogP contribution < -0.4 is 5.11 Å². The highest BCUT2D eigenvalue weighted by Crippen LogP contribution is 2.02. The number of hydrogen-bond acceptors (Lipinski definition) is 4. The highest BCUT2D eigenvalue weighted by atomic mass is 16.4. The number of allylic oxidation sites excluding steroid dienone is 7. The number of carboxylic acid groups (broad SMARTS) is 1. The van der Waals surface area contributed by atoms with Gasteiger partial charge in [-0.15, -0.1) is 0 Å². The number of aliphatic carboxylic acids is 1. The van der Waals surface area contributed by atoms with Crippen molar-refractivity contribution in [2.24, 2.45) is 0 Å². The first-order chi connectivity index (χ1) is 11.6. The molecule has 0 saturated heterocycles. The average Bonchev–Trinajstić information content (AvgIpc) is 2.53. The van der Waals surface area contributed by atoms with Crippen LogP contribution in [-0.4, -0.2) is 28.4 Å². The fraction of sp³-hybridized carbons (Fsp3) is 0.450. The summed E-state index contributed by atoms with van der Waals surface area (Å²) in [5, 5.41) is 29.6. The molecular weight excluding hydrogens is 304 g/mol. The molecule has 4 nitrogen and oxygen atoms in total. The first kappa shape index (κ1) is 22.1. The highest BCUT2D eigenvalue weighted by Gasteiger charge is 1.97. The van der Waals surface area contributed by atoms with Crippen LogP contribution in [0.4, 0.5) is 0 Å². The molecule has 2 N–H and O–H groups in total. The molecule has 0 amide bonds. The van der Waals surface area contributed by atoms with Gasteiger partial charge in [0, 0.05) is 5.97 Å². The molecule has 0 aliphatic carbocycles. The molecule has 0 aliphatic heterocycles. The van der Waals surface area contributed by atoms with Crippen LogP contribution >= 0.6 is 0 Å². The lowest BCUT2D eigenvalue weighted by Crippen LogP contribution is -2.22. The fourth-order valence-corrected chi connectivity index (χ4v) is 1.82. The Morgan fingerprint density at radius 3 is 2.21 bits per heavy atom. The van der Waals surface area contributed by atoms with Gasteiger partial charge in [0.2, 0.25) is 0 Å². The lowest BCUT2D eigenvalue weighted by atomic mass is 10.1. The normalized spacial score (nSPS) is 15.5. The first-order valence-corrected chi connectivity index (χ1v) is 8.43. The molecule has 0 fully saturated rings. The second-order valence-corrected chi connectivity index (χ2v) is 5.38. The van der Waals surface area contributed by atoms with Gasteiger partial charge in [-0.25, -0.2) is 0 Å². The number of aliphatic hydroxyl groups excluding tert-OH is 2. The molecule has 24 heavy (non-hydrogen) atoms. The van der Waals surface area contributed by atoms with E-state index in [0.717, 1.165) is 12.8 Å². The van der Waals surface area contributed by atoms with E-state index in [-0.39, 0.29) is 6.42 Å². The molecule has 0 rings (SSSR count). The predicted molar refractivity (Wildman–Crippen MR) is 96.1 cm³/mol. The van der Waals surface area contributed by atoms with Crippen LogP contribution in [0.5, 0.6) is 0 Å². The Morgan fingerprint density at radius 1 is 0.958 bits per heavy atom. The van der Waals surface area contributed by atoms with E-state index >= 15 is 0 Å². The smallest absolute Gasteiger partial charge is 0.0758 e. The second kappa shape index (κ2) is 16.0. The molecule has 0 bridgehead atoms. The van der Waals surface area contributed by atoms with E-state index in [1.54, 1.807) is 36.5 Å². The zero-order valence-electron chi connectivity index (χ0n) is 14.4. The first-order valence-electron chi connectivity index (χ1n) is 8.43. The summed E-state index contributed by atoms with van der Waals surface area (Å²) >= 11 is 0. The summed E-state index contributed by atoms with van der Waals surface area (Å²) in [6, 6.07) is 0. The van der Waals surface area contributed by atoms with Crippen molar-refractivity contribution in [2.45, 2.75) is 57.7 Å². The molecule has 134 valence electrons. The Kier molecular flexibility index (Phi) is 14.7. The maximum Gasteiger partial charge on any atom is 0.0758 e. The van der Waals surface area contributed by atoms with Crippen LogP contribution in [0.15, 0.2) is 60.8 Å². The number of aliphatic hydroxyl groups is 2. The van der Waals surface area contributed by atoms with Gasteiger partial charge < -0.3 is 20.1 Å². The lowest BCUT2D eigenvalue weighted by molar-refractivity contribution is -0.305. The van der Waals surface area contributed by atoms with Gasteiger partial charge >= 0.3 is 0 Å². The molecule has 0 heterocycles. The zero-order valence-corrected chi connectivity index (χ0v) is 14.4. The van der Waals surface area contributed by atoms with Crippen molar-refractivity contribution in [3.8, 4) is 0 Å². The van der Waals surface area contributed by atoms with Gasteiger partial charge in [-0.3, -0.25) is 0 Å². The van der Waals surface area contributed by atoms with Crippen molar-refractivity contribution < 1.29 is 20.1 Å². The number of carbonyl (C=O) groups excluding carboxylic acids is 1. The number of hydrogen-bond donors (Lipinski definition) is 2. The van der Waals surface area contributed by atoms with E-state index in [1.165, 1.54) is 0 Å². The van der Waals surface area contributed by atoms with Crippen LogP contribution in [0, 0.1) is 0 Å². The van der Waals surface area contributed by atoms with Gasteiger partial charge in [0.25, 0.3) is 0 Å². The van der Waals surface area contributed by atoms with Crippen LogP contribution in [0.25, 0.3) is 0 Å². The third-order valence-electron chi connectivity index (χ3n) is 3.10. The number of carboxylic acids is 1. The van der Waals surface area contributed by atoms with Crippen molar-refractivity contribution in [1.82, 2.24) is 0 Å². The summed E-state index contributed by atoms with van der Waals surface area (Å²) < 4.78 is 0. The van der Waals surface area contributed by atoms with E-state index in [1.807, 2.05) is 12.2 Å². The summed E-state index contributed by atoms with van der Waals surface area (Å²) in [4.78, 5) is 10.2. The van der Waals surface area contributed by atoms with E-state index in [0.29, 0.717) is 19.3 Å². The minimum absolute atomic E-state index is 0.0370. The summed E-state index contributed by atoms with van der Waals surface area (Å²) in [5.74, 6) is -1.10. The molecule has 0 aromatic heterocycles. The Labute approximate surface area is 145 Å². The maximum absolute atomic E-state index is 10.2. The standard InChI is InChI=1S/C20H30O4/c1-2-3-4-5-6-9-13-18(21)14-10-7-8-11-15-19(22)16-12-17-20(23)24/h3-4,6-11,14-15,18-19,21-22H,2,5,12-13,16-17H2,1H3,(H,23,24)/p-1/b4-3-,8-7+,9-6-,14-10+,15-11-/t18-,19-/m1/s1. The molecule has 2 atom stereocenters.